The van der Waals surface area contributed by atoms with Crippen LogP contribution in [0.1, 0.15) is 31.0 Å². The van der Waals surface area contributed by atoms with E-state index >= 15 is 0 Å². The number of hydrogen-bond donors (Lipinski definition) is 3. The normalized spacial score (nSPS) is 12.5. The lowest BCUT2D eigenvalue weighted by molar-refractivity contribution is -0.117. The van der Waals surface area contributed by atoms with Crippen LogP contribution in [-0.4, -0.2) is 27.3 Å². The zero-order valence-corrected chi connectivity index (χ0v) is 16.7. The van der Waals surface area contributed by atoms with Gasteiger partial charge in [0, 0.05) is 18.7 Å². The van der Waals surface area contributed by atoms with Crippen molar-refractivity contribution in [3.63, 3.8) is 0 Å². The Morgan fingerprint density at radius 2 is 1.75 bits per heavy atom. The Labute approximate surface area is 164 Å². The smallest absolute Gasteiger partial charge is 0.244 e. The van der Waals surface area contributed by atoms with Crippen molar-refractivity contribution in [3.05, 3.63) is 65.7 Å². The molecule has 0 aliphatic carbocycles. The summed E-state index contributed by atoms with van der Waals surface area (Å²) < 4.78 is 25.6. The predicted molar refractivity (Wildman–Crippen MR) is 109 cm³/mol. The van der Waals surface area contributed by atoms with E-state index < -0.39 is 10.0 Å². The molecule has 28 heavy (non-hydrogen) atoms. The second-order valence-electron chi connectivity index (χ2n) is 6.15. The van der Waals surface area contributed by atoms with Crippen LogP contribution >= 0.6 is 0 Å². The van der Waals surface area contributed by atoms with E-state index in [1.807, 2.05) is 13.0 Å². The predicted octanol–water partition coefficient (Wildman–Crippen LogP) is 2.44. The summed E-state index contributed by atoms with van der Waals surface area (Å²) in [5, 5.41) is 5.55. The average molecular weight is 401 g/mol. The highest BCUT2D eigenvalue weighted by atomic mass is 32.2. The minimum atomic E-state index is -3.48. The second-order valence-corrected chi connectivity index (χ2v) is 8.03. The summed E-state index contributed by atoms with van der Waals surface area (Å²) in [6.45, 7) is 3.28. The molecular formula is C20H23N3O4S. The molecule has 0 fully saturated rings. The number of sulfonamides is 1. The molecular weight excluding hydrogens is 378 g/mol. The molecule has 0 heterocycles. The summed E-state index contributed by atoms with van der Waals surface area (Å²) in [4.78, 5) is 23.5. The Hall–Kier alpha value is -2.97. The van der Waals surface area contributed by atoms with Crippen molar-refractivity contribution in [2.75, 3.05) is 12.4 Å². The van der Waals surface area contributed by atoms with Crippen LogP contribution in [-0.2, 0) is 19.6 Å². The molecule has 1 unspecified atom stereocenters. The minimum absolute atomic E-state index is 0.157. The van der Waals surface area contributed by atoms with Crippen LogP contribution in [0.2, 0.25) is 0 Å². The van der Waals surface area contributed by atoms with Gasteiger partial charge in [0.05, 0.1) is 10.9 Å². The lowest BCUT2D eigenvalue weighted by Gasteiger charge is -2.14. The first-order valence-corrected chi connectivity index (χ1v) is 10.1. The van der Waals surface area contributed by atoms with E-state index in [2.05, 4.69) is 15.4 Å². The lowest BCUT2D eigenvalue weighted by atomic mass is 10.1. The number of hydrogen-bond acceptors (Lipinski definition) is 4. The summed E-state index contributed by atoms with van der Waals surface area (Å²) in [6, 6.07) is 13.2. The number of carbonyl (C=O) groups is 2. The number of anilines is 1. The molecule has 8 heteroatoms. The molecule has 0 bridgehead atoms. The van der Waals surface area contributed by atoms with E-state index in [1.54, 1.807) is 36.4 Å². The second kappa shape index (κ2) is 9.29. The first-order chi connectivity index (χ1) is 13.2. The van der Waals surface area contributed by atoms with Gasteiger partial charge in [0.25, 0.3) is 0 Å². The summed E-state index contributed by atoms with van der Waals surface area (Å²) in [5.41, 5.74) is 2.22. The Kier molecular flexibility index (Phi) is 7.08. The Morgan fingerprint density at radius 1 is 1.07 bits per heavy atom. The standard InChI is InChI=1S/C20H23N3O4S/c1-14(17-5-4-6-18(13-17)23-15(2)24)22-20(25)12-9-16-7-10-19(11-8-16)28(26,27)21-3/h4-14,21H,1-3H3,(H,22,25)(H,23,24)/b12-9+. The van der Waals surface area contributed by atoms with Crippen molar-refractivity contribution in [2.24, 2.45) is 0 Å². The van der Waals surface area contributed by atoms with E-state index in [9.17, 15) is 18.0 Å². The monoisotopic (exact) mass is 401 g/mol. The van der Waals surface area contributed by atoms with E-state index in [1.165, 1.54) is 32.2 Å². The summed E-state index contributed by atoms with van der Waals surface area (Å²) in [7, 11) is -2.14. The van der Waals surface area contributed by atoms with Gasteiger partial charge in [0.1, 0.15) is 0 Å². The molecule has 0 aliphatic rings. The van der Waals surface area contributed by atoms with Crippen LogP contribution in [0.25, 0.3) is 6.08 Å². The van der Waals surface area contributed by atoms with Gasteiger partial charge >= 0.3 is 0 Å². The van der Waals surface area contributed by atoms with Crippen molar-refractivity contribution >= 4 is 33.6 Å². The van der Waals surface area contributed by atoms with Crippen molar-refractivity contribution < 1.29 is 18.0 Å². The lowest BCUT2D eigenvalue weighted by Crippen LogP contribution is -2.24. The number of nitrogens with one attached hydrogen (secondary N) is 3. The maximum absolute atomic E-state index is 12.2. The molecule has 3 N–H and O–H groups in total. The molecule has 1 atom stereocenters. The number of rotatable bonds is 7. The SMILES string of the molecule is CNS(=O)(=O)c1ccc(/C=C/C(=O)NC(C)c2cccc(NC(C)=O)c2)cc1. The van der Waals surface area contributed by atoms with Crippen molar-refractivity contribution in [1.29, 1.82) is 0 Å². The van der Waals surface area contributed by atoms with Crippen LogP contribution in [0.15, 0.2) is 59.5 Å². The van der Waals surface area contributed by atoms with Crippen LogP contribution in [0.4, 0.5) is 5.69 Å². The molecule has 0 radical (unpaired) electrons. The Bertz CT molecular complexity index is 983. The van der Waals surface area contributed by atoms with Gasteiger partial charge in [-0.15, -0.1) is 0 Å². The average Bonchev–Trinajstić information content (AvgIpc) is 2.66. The fourth-order valence-electron chi connectivity index (χ4n) is 2.48. The molecule has 7 nitrogen and oxygen atoms in total. The van der Waals surface area contributed by atoms with Gasteiger partial charge < -0.3 is 10.6 Å². The van der Waals surface area contributed by atoms with Gasteiger partial charge in [-0.1, -0.05) is 24.3 Å². The van der Waals surface area contributed by atoms with Crippen LogP contribution in [0.5, 0.6) is 0 Å². The highest BCUT2D eigenvalue weighted by Gasteiger charge is 2.10. The zero-order valence-electron chi connectivity index (χ0n) is 15.9. The summed E-state index contributed by atoms with van der Waals surface area (Å²) >= 11 is 0. The third-order valence-corrected chi connectivity index (χ3v) is 5.38. The summed E-state index contributed by atoms with van der Waals surface area (Å²) in [5.74, 6) is -0.449. The van der Waals surface area contributed by atoms with E-state index in [4.69, 9.17) is 0 Å². The largest absolute Gasteiger partial charge is 0.346 e. The number of benzene rings is 2. The third kappa shape index (κ3) is 6.04. The molecule has 148 valence electrons. The van der Waals surface area contributed by atoms with E-state index in [0.717, 1.165) is 5.56 Å². The topological polar surface area (TPSA) is 104 Å². The molecule has 0 aromatic heterocycles. The van der Waals surface area contributed by atoms with Crippen molar-refractivity contribution in [3.8, 4) is 0 Å². The summed E-state index contributed by atoms with van der Waals surface area (Å²) in [6.07, 6.45) is 2.99. The molecule has 2 rings (SSSR count). The fraction of sp³-hybridized carbons (Fsp3) is 0.200. The minimum Gasteiger partial charge on any atom is -0.346 e. The number of carbonyl (C=O) groups excluding carboxylic acids is 2. The maximum atomic E-state index is 12.2. The molecule has 2 amide bonds. The van der Waals surface area contributed by atoms with Gasteiger partial charge in [0.15, 0.2) is 0 Å². The van der Waals surface area contributed by atoms with E-state index in [-0.39, 0.29) is 22.8 Å². The van der Waals surface area contributed by atoms with Crippen molar-refractivity contribution in [2.45, 2.75) is 24.8 Å². The Balaban J connectivity index is 2.00. The molecule has 2 aromatic rings. The molecule has 0 aliphatic heterocycles. The maximum Gasteiger partial charge on any atom is 0.244 e. The van der Waals surface area contributed by atoms with Crippen molar-refractivity contribution in [1.82, 2.24) is 10.0 Å². The zero-order chi connectivity index (χ0) is 20.7. The molecule has 0 saturated heterocycles. The van der Waals surface area contributed by atoms with Gasteiger partial charge in [-0.3, -0.25) is 9.59 Å². The first-order valence-electron chi connectivity index (χ1n) is 8.61. The molecule has 0 spiro atoms. The van der Waals surface area contributed by atoms with Crippen LogP contribution < -0.4 is 15.4 Å². The quantitative estimate of drug-likeness (QED) is 0.620. The fourth-order valence-corrected chi connectivity index (χ4v) is 3.21. The Morgan fingerprint density at radius 3 is 2.36 bits per heavy atom. The van der Waals surface area contributed by atoms with Crippen LogP contribution in [0.3, 0.4) is 0 Å². The highest BCUT2D eigenvalue weighted by Crippen LogP contribution is 2.17. The van der Waals surface area contributed by atoms with Gasteiger partial charge in [-0.05, 0) is 55.4 Å². The number of amides is 2. The molecule has 2 aromatic carbocycles. The van der Waals surface area contributed by atoms with E-state index in [0.29, 0.717) is 11.3 Å². The van der Waals surface area contributed by atoms with Crippen LogP contribution in [0, 0.1) is 0 Å². The highest BCUT2D eigenvalue weighted by molar-refractivity contribution is 7.89. The first kappa shape index (κ1) is 21.3. The van der Waals surface area contributed by atoms with Gasteiger partial charge in [0.2, 0.25) is 21.8 Å². The third-order valence-electron chi connectivity index (χ3n) is 3.95. The molecule has 0 saturated carbocycles. The van der Waals surface area contributed by atoms with Gasteiger partial charge in [-0.2, -0.15) is 0 Å². The van der Waals surface area contributed by atoms with Gasteiger partial charge in [-0.25, -0.2) is 13.1 Å².